The molecule has 0 bridgehead atoms. The van der Waals surface area contributed by atoms with Gasteiger partial charge in [0, 0.05) is 19.0 Å². The Hall–Kier alpha value is -1.62. The molecular formula is C16H20N2O2S. The lowest BCUT2D eigenvalue weighted by Gasteiger charge is -2.35. The highest BCUT2D eigenvalue weighted by molar-refractivity contribution is 7.80. The summed E-state index contributed by atoms with van der Waals surface area (Å²) in [6.07, 6.45) is 2.53. The van der Waals surface area contributed by atoms with Crippen LogP contribution in [-0.2, 0) is 11.2 Å². The second-order valence-corrected chi connectivity index (χ2v) is 6.29. The van der Waals surface area contributed by atoms with Gasteiger partial charge in [0.15, 0.2) is 0 Å². The van der Waals surface area contributed by atoms with Gasteiger partial charge >= 0.3 is 0 Å². The maximum absolute atomic E-state index is 12.6. The standard InChI is InChI=1S/C16H20N2O2S/c17-15(21)11-5-7-18(8-6-11)16(19)13-9-12-3-1-2-4-14(12)20-10-13/h1-4,11,13H,5-10H2,(H2,17,21). The maximum atomic E-state index is 12.6. The third kappa shape index (κ3) is 3.02. The summed E-state index contributed by atoms with van der Waals surface area (Å²) in [6, 6.07) is 7.95. The van der Waals surface area contributed by atoms with Gasteiger partial charge in [0.05, 0.1) is 10.9 Å². The fraction of sp³-hybridized carbons (Fsp3) is 0.500. The third-order valence-electron chi connectivity index (χ3n) is 4.44. The Labute approximate surface area is 130 Å². The monoisotopic (exact) mass is 304 g/mol. The van der Waals surface area contributed by atoms with Crippen molar-refractivity contribution in [2.75, 3.05) is 19.7 Å². The number of nitrogens with two attached hydrogens (primary N) is 1. The van der Waals surface area contributed by atoms with E-state index in [2.05, 4.69) is 0 Å². The van der Waals surface area contributed by atoms with Gasteiger partial charge in [0.1, 0.15) is 12.4 Å². The summed E-state index contributed by atoms with van der Waals surface area (Å²) in [5.41, 5.74) is 6.82. The molecule has 2 aliphatic heterocycles. The molecular weight excluding hydrogens is 284 g/mol. The fourth-order valence-electron chi connectivity index (χ4n) is 3.13. The zero-order chi connectivity index (χ0) is 14.8. The number of nitrogens with zero attached hydrogens (tertiary/aromatic N) is 1. The summed E-state index contributed by atoms with van der Waals surface area (Å²) in [4.78, 5) is 15.1. The Morgan fingerprint density at radius 1 is 1.24 bits per heavy atom. The molecule has 1 atom stereocenters. The number of rotatable bonds is 2. The smallest absolute Gasteiger partial charge is 0.229 e. The van der Waals surface area contributed by atoms with Gasteiger partial charge < -0.3 is 15.4 Å². The highest BCUT2D eigenvalue weighted by atomic mass is 32.1. The molecule has 0 radical (unpaired) electrons. The molecule has 3 rings (SSSR count). The van der Waals surface area contributed by atoms with Crippen LogP contribution in [0.25, 0.3) is 0 Å². The van der Waals surface area contributed by atoms with Gasteiger partial charge in [-0.2, -0.15) is 0 Å². The first-order valence-electron chi connectivity index (χ1n) is 7.44. The van der Waals surface area contributed by atoms with E-state index in [1.54, 1.807) is 0 Å². The van der Waals surface area contributed by atoms with Gasteiger partial charge in [-0.05, 0) is 30.9 Å². The van der Waals surface area contributed by atoms with Crippen LogP contribution in [0.1, 0.15) is 18.4 Å². The van der Waals surface area contributed by atoms with Crippen molar-refractivity contribution in [2.24, 2.45) is 17.6 Å². The van der Waals surface area contributed by atoms with Crippen molar-refractivity contribution >= 4 is 23.1 Å². The first-order chi connectivity index (χ1) is 10.1. The first-order valence-corrected chi connectivity index (χ1v) is 7.85. The van der Waals surface area contributed by atoms with Gasteiger partial charge in [-0.3, -0.25) is 4.79 Å². The number of hydrogen-bond acceptors (Lipinski definition) is 3. The van der Waals surface area contributed by atoms with E-state index in [0.29, 0.717) is 11.6 Å². The minimum absolute atomic E-state index is 0.0683. The number of carbonyl (C=O) groups is 1. The maximum Gasteiger partial charge on any atom is 0.229 e. The predicted octanol–water partition coefficient (Wildman–Crippen LogP) is 1.76. The molecule has 1 aromatic rings. The van der Waals surface area contributed by atoms with Gasteiger partial charge in [-0.1, -0.05) is 30.4 Å². The van der Waals surface area contributed by atoms with Crippen molar-refractivity contribution in [1.82, 2.24) is 4.90 Å². The quantitative estimate of drug-likeness (QED) is 0.846. The molecule has 1 amide bonds. The zero-order valence-corrected chi connectivity index (χ0v) is 12.8. The number of likely N-dealkylation sites (tertiary alicyclic amines) is 1. The molecule has 1 unspecified atom stereocenters. The summed E-state index contributed by atoms with van der Waals surface area (Å²) in [7, 11) is 0. The number of benzene rings is 1. The minimum Gasteiger partial charge on any atom is -0.492 e. The second-order valence-electron chi connectivity index (χ2n) is 5.82. The average molecular weight is 304 g/mol. The van der Waals surface area contributed by atoms with Crippen LogP contribution in [-0.4, -0.2) is 35.5 Å². The van der Waals surface area contributed by atoms with E-state index in [4.69, 9.17) is 22.7 Å². The van der Waals surface area contributed by atoms with Crippen LogP contribution in [0.2, 0.25) is 0 Å². The molecule has 2 N–H and O–H groups in total. The molecule has 112 valence electrons. The second kappa shape index (κ2) is 6.02. The number of piperidine rings is 1. The van der Waals surface area contributed by atoms with E-state index >= 15 is 0 Å². The van der Waals surface area contributed by atoms with E-state index in [0.717, 1.165) is 43.7 Å². The van der Waals surface area contributed by atoms with Crippen molar-refractivity contribution in [2.45, 2.75) is 19.3 Å². The number of amides is 1. The lowest BCUT2D eigenvalue weighted by atomic mass is 9.92. The molecule has 0 saturated carbocycles. The SMILES string of the molecule is NC(=S)C1CCN(C(=O)C2COc3ccccc3C2)CC1. The number of carbonyl (C=O) groups excluding carboxylic acids is 1. The Morgan fingerprint density at radius 3 is 2.67 bits per heavy atom. The lowest BCUT2D eigenvalue weighted by molar-refractivity contribution is -0.138. The van der Waals surface area contributed by atoms with Crippen LogP contribution >= 0.6 is 12.2 Å². The molecule has 0 aromatic heterocycles. The third-order valence-corrected chi connectivity index (χ3v) is 4.77. The van der Waals surface area contributed by atoms with Crippen LogP contribution in [0.5, 0.6) is 5.75 Å². The Morgan fingerprint density at radius 2 is 1.95 bits per heavy atom. The Bertz CT molecular complexity index is 553. The summed E-state index contributed by atoms with van der Waals surface area (Å²) >= 11 is 5.04. The summed E-state index contributed by atoms with van der Waals surface area (Å²) < 4.78 is 5.72. The van der Waals surface area contributed by atoms with Crippen molar-refractivity contribution in [3.63, 3.8) is 0 Å². The number of thiocarbonyl (C=S) groups is 1. The summed E-state index contributed by atoms with van der Waals surface area (Å²) in [5, 5.41) is 0. The Kier molecular flexibility index (Phi) is 4.10. The molecule has 2 heterocycles. The number of fused-ring (bicyclic) bond motifs is 1. The fourth-order valence-corrected chi connectivity index (χ4v) is 3.36. The summed E-state index contributed by atoms with van der Waals surface area (Å²) in [5.74, 6) is 1.33. The van der Waals surface area contributed by atoms with E-state index in [-0.39, 0.29) is 17.7 Å². The molecule has 0 aliphatic carbocycles. The first kappa shape index (κ1) is 14.3. The van der Waals surface area contributed by atoms with E-state index < -0.39 is 0 Å². The van der Waals surface area contributed by atoms with Gasteiger partial charge in [0.25, 0.3) is 0 Å². The molecule has 2 aliphatic rings. The van der Waals surface area contributed by atoms with Crippen LogP contribution in [0.15, 0.2) is 24.3 Å². The predicted molar refractivity (Wildman–Crippen MR) is 85.2 cm³/mol. The number of hydrogen-bond donors (Lipinski definition) is 1. The van der Waals surface area contributed by atoms with Gasteiger partial charge in [0.2, 0.25) is 5.91 Å². The summed E-state index contributed by atoms with van der Waals surface area (Å²) in [6.45, 7) is 1.98. The van der Waals surface area contributed by atoms with Crippen LogP contribution in [0.3, 0.4) is 0 Å². The van der Waals surface area contributed by atoms with Crippen molar-refractivity contribution in [1.29, 1.82) is 0 Å². The largest absolute Gasteiger partial charge is 0.492 e. The van der Waals surface area contributed by atoms with E-state index in [1.807, 2.05) is 29.2 Å². The van der Waals surface area contributed by atoms with Crippen LogP contribution in [0.4, 0.5) is 0 Å². The Balaban J connectivity index is 1.61. The normalized spacial score (nSPS) is 22.3. The molecule has 5 heteroatoms. The van der Waals surface area contributed by atoms with Crippen LogP contribution in [0, 0.1) is 11.8 Å². The minimum atomic E-state index is -0.0683. The van der Waals surface area contributed by atoms with Gasteiger partial charge in [-0.15, -0.1) is 0 Å². The topological polar surface area (TPSA) is 55.6 Å². The van der Waals surface area contributed by atoms with Crippen molar-refractivity contribution in [3.05, 3.63) is 29.8 Å². The number of ether oxygens (including phenoxy) is 1. The van der Waals surface area contributed by atoms with Gasteiger partial charge in [-0.25, -0.2) is 0 Å². The van der Waals surface area contributed by atoms with E-state index in [9.17, 15) is 4.79 Å². The lowest BCUT2D eigenvalue weighted by Crippen LogP contribution is -2.46. The van der Waals surface area contributed by atoms with Crippen molar-refractivity contribution < 1.29 is 9.53 Å². The van der Waals surface area contributed by atoms with Crippen molar-refractivity contribution in [3.8, 4) is 5.75 Å². The molecule has 0 spiro atoms. The average Bonchev–Trinajstić information content (AvgIpc) is 2.54. The molecule has 1 aromatic carbocycles. The number of para-hydroxylation sites is 1. The molecule has 4 nitrogen and oxygen atoms in total. The molecule has 1 saturated heterocycles. The molecule has 1 fully saturated rings. The highest BCUT2D eigenvalue weighted by Crippen LogP contribution is 2.28. The van der Waals surface area contributed by atoms with E-state index in [1.165, 1.54) is 0 Å². The zero-order valence-electron chi connectivity index (χ0n) is 12.0. The van der Waals surface area contributed by atoms with Crippen LogP contribution < -0.4 is 10.5 Å². The molecule has 21 heavy (non-hydrogen) atoms. The highest BCUT2D eigenvalue weighted by Gasteiger charge is 2.32.